The number of rotatable bonds is 8. The molecule has 0 saturated carbocycles. The van der Waals surface area contributed by atoms with E-state index in [2.05, 4.69) is 64.7 Å². The first-order valence-electron chi connectivity index (χ1n) is 9.00. The Labute approximate surface area is 153 Å². The van der Waals surface area contributed by atoms with Crippen LogP contribution in [0.25, 0.3) is 0 Å². The maximum absolute atomic E-state index is 9.55. The van der Waals surface area contributed by atoms with Gasteiger partial charge in [0.15, 0.2) is 0 Å². The van der Waals surface area contributed by atoms with Gasteiger partial charge in [0.25, 0.3) is 13.8 Å². The van der Waals surface area contributed by atoms with E-state index in [1.807, 2.05) is 36.6 Å². The summed E-state index contributed by atoms with van der Waals surface area (Å²) < 4.78 is 15.5. The van der Waals surface area contributed by atoms with E-state index in [9.17, 15) is 5.26 Å². The molecule has 0 aliphatic rings. The standard InChI is InChI=1S/C19H33N4OP/c1-15(2)22(16(3)4)25(24-14-20,23(17(5)6)18(7)8)21-19-12-10-9-11-13-19/h9-13,15-18H,1-8H3. The third-order valence-corrected chi connectivity index (χ3v) is 7.75. The predicted molar refractivity (Wildman–Crippen MR) is 106 cm³/mol. The molecule has 0 unspecified atom stereocenters. The maximum atomic E-state index is 9.55. The Bertz CT molecular complexity index is 580. The molecule has 5 nitrogen and oxygen atoms in total. The summed E-state index contributed by atoms with van der Waals surface area (Å²) in [7, 11) is -2.73. The van der Waals surface area contributed by atoms with Gasteiger partial charge in [-0.2, -0.15) is 0 Å². The zero-order valence-corrected chi connectivity index (χ0v) is 17.7. The summed E-state index contributed by atoms with van der Waals surface area (Å²) >= 11 is 0. The van der Waals surface area contributed by atoms with Gasteiger partial charge in [-0.1, -0.05) is 18.2 Å². The van der Waals surface area contributed by atoms with Crippen molar-refractivity contribution in [2.75, 3.05) is 0 Å². The number of benzene rings is 1. The van der Waals surface area contributed by atoms with Crippen molar-refractivity contribution in [3.05, 3.63) is 30.3 Å². The zero-order chi connectivity index (χ0) is 19.2. The minimum absolute atomic E-state index is 0.189. The van der Waals surface area contributed by atoms with Crippen LogP contribution in [0.3, 0.4) is 0 Å². The average molecular weight is 364 g/mol. The Morgan fingerprint density at radius 3 is 1.56 bits per heavy atom. The molecule has 0 N–H and O–H groups in total. The van der Waals surface area contributed by atoms with Crippen LogP contribution in [-0.4, -0.2) is 33.5 Å². The van der Waals surface area contributed by atoms with Gasteiger partial charge < -0.3 is 4.52 Å². The highest BCUT2D eigenvalue weighted by Crippen LogP contribution is 2.62. The smallest absolute Gasteiger partial charge is 0.296 e. The molecule has 25 heavy (non-hydrogen) atoms. The van der Waals surface area contributed by atoms with Crippen LogP contribution in [0.2, 0.25) is 0 Å². The molecule has 0 aliphatic carbocycles. The molecule has 0 fully saturated rings. The van der Waals surface area contributed by atoms with Crippen molar-refractivity contribution in [2.45, 2.75) is 79.6 Å². The SMILES string of the molecule is CC(C)N(C(C)C)P(=Nc1ccccc1)(OC#N)N(C(C)C)C(C)C. The molecule has 0 saturated heterocycles. The molecular formula is C19H33N4OP. The highest BCUT2D eigenvalue weighted by Gasteiger charge is 2.43. The molecule has 0 heterocycles. The van der Waals surface area contributed by atoms with Gasteiger partial charge in [-0.25, -0.2) is 14.1 Å². The normalized spacial score (nSPS) is 12.5. The molecule has 0 bridgehead atoms. The Morgan fingerprint density at radius 1 is 0.840 bits per heavy atom. The van der Waals surface area contributed by atoms with Gasteiger partial charge in [-0.05, 0) is 67.5 Å². The summed E-state index contributed by atoms with van der Waals surface area (Å²) in [6.45, 7) is 17.1. The lowest BCUT2D eigenvalue weighted by molar-refractivity contribution is 0.210. The predicted octanol–water partition coefficient (Wildman–Crippen LogP) is 6.00. The molecule has 0 spiro atoms. The van der Waals surface area contributed by atoms with E-state index in [0.29, 0.717) is 0 Å². The van der Waals surface area contributed by atoms with E-state index in [-0.39, 0.29) is 24.2 Å². The molecule has 0 radical (unpaired) electrons. The lowest BCUT2D eigenvalue weighted by Gasteiger charge is -2.47. The van der Waals surface area contributed by atoms with Gasteiger partial charge in [0.05, 0.1) is 5.69 Å². The van der Waals surface area contributed by atoms with Crippen molar-refractivity contribution < 1.29 is 4.52 Å². The maximum Gasteiger partial charge on any atom is 0.296 e. The van der Waals surface area contributed by atoms with Crippen molar-refractivity contribution in [3.8, 4) is 6.26 Å². The van der Waals surface area contributed by atoms with Crippen molar-refractivity contribution in [1.29, 1.82) is 5.26 Å². The molecule has 0 aromatic heterocycles. The molecule has 0 aliphatic heterocycles. The second-order valence-electron chi connectivity index (χ2n) is 7.27. The number of nitriles is 1. The molecule has 1 rings (SSSR count). The minimum Gasteiger partial charge on any atom is -0.362 e. The van der Waals surface area contributed by atoms with E-state index in [0.717, 1.165) is 5.69 Å². The summed E-state index contributed by atoms with van der Waals surface area (Å²) in [5, 5.41) is 9.55. The molecule has 1 aromatic carbocycles. The minimum atomic E-state index is -2.73. The van der Waals surface area contributed by atoms with Crippen LogP contribution in [0.15, 0.2) is 35.1 Å². The van der Waals surface area contributed by atoms with Crippen molar-refractivity contribution in [3.63, 3.8) is 0 Å². The van der Waals surface area contributed by atoms with Crippen LogP contribution in [0, 0.1) is 11.5 Å². The highest BCUT2D eigenvalue weighted by molar-refractivity contribution is 7.57. The van der Waals surface area contributed by atoms with Crippen LogP contribution in [0.4, 0.5) is 5.69 Å². The van der Waals surface area contributed by atoms with E-state index in [4.69, 9.17) is 9.27 Å². The number of nitrogens with zero attached hydrogens (tertiary/aromatic N) is 4. The van der Waals surface area contributed by atoms with Gasteiger partial charge in [-0.3, -0.25) is 0 Å². The second kappa shape index (κ2) is 9.38. The average Bonchev–Trinajstić information content (AvgIpc) is 2.46. The third-order valence-electron chi connectivity index (χ3n) is 3.88. The summed E-state index contributed by atoms with van der Waals surface area (Å²) in [6.07, 6.45) is 1.98. The van der Waals surface area contributed by atoms with Gasteiger partial charge >= 0.3 is 0 Å². The fourth-order valence-corrected chi connectivity index (χ4v) is 7.06. The van der Waals surface area contributed by atoms with Crippen molar-refractivity contribution in [2.24, 2.45) is 4.74 Å². The summed E-state index contributed by atoms with van der Waals surface area (Å²) in [5.74, 6) is 0. The second-order valence-corrected chi connectivity index (χ2v) is 9.60. The highest BCUT2D eigenvalue weighted by atomic mass is 31.2. The summed E-state index contributed by atoms with van der Waals surface area (Å²) in [5.41, 5.74) is 0.837. The lowest BCUT2D eigenvalue weighted by Crippen LogP contribution is -2.45. The molecule has 0 atom stereocenters. The van der Waals surface area contributed by atoms with Crippen LogP contribution >= 0.6 is 7.58 Å². The largest absolute Gasteiger partial charge is 0.362 e. The van der Waals surface area contributed by atoms with Gasteiger partial charge in [0.1, 0.15) is 0 Å². The Balaban J connectivity index is 3.83. The molecule has 140 valence electrons. The summed E-state index contributed by atoms with van der Waals surface area (Å²) in [4.78, 5) is 0. The van der Waals surface area contributed by atoms with Crippen LogP contribution in [0.5, 0.6) is 0 Å². The first kappa shape index (κ1) is 21.7. The molecule has 1 aromatic rings. The van der Waals surface area contributed by atoms with Crippen molar-refractivity contribution in [1.82, 2.24) is 9.34 Å². The van der Waals surface area contributed by atoms with E-state index in [1.54, 1.807) is 0 Å². The number of hydrogen-bond acceptors (Lipinski definition) is 3. The fraction of sp³-hybridized carbons (Fsp3) is 0.632. The molecule has 0 amide bonds. The molecular weight excluding hydrogens is 331 g/mol. The summed E-state index contributed by atoms with van der Waals surface area (Å²) in [6, 6.07) is 10.6. The Kier molecular flexibility index (Phi) is 8.15. The van der Waals surface area contributed by atoms with E-state index in [1.165, 1.54) is 0 Å². The fourth-order valence-electron chi connectivity index (χ4n) is 3.43. The lowest BCUT2D eigenvalue weighted by atomic mass is 10.3. The van der Waals surface area contributed by atoms with Crippen LogP contribution in [0.1, 0.15) is 55.4 Å². The molecule has 6 heteroatoms. The van der Waals surface area contributed by atoms with Gasteiger partial charge in [0, 0.05) is 24.2 Å². The van der Waals surface area contributed by atoms with E-state index < -0.39 is 7.58 Å². The van der Waals surface area contributed by atoms with Gasteiger partial charge in [0.2, 0.25) is 0 Å². The van der Waals surface area contributed by atoms with Crippen molar-refractivity contribution >= 4 is 13.3 Å². The number of hydrogen-bond donors (Lipinski definition) is 0. The van der Waals surface area contributed by atoms with Crippen LogP contribution < -0.4 is 0 Å². The van der Waals surface area contributed by atoms with E-state index >= 15 is 0 Å². The Morgan fingerprint density at radius 2 is 1.24 bits per heavy atom. The first-order valence-corrected chi connectivity index (χ1v) is 10.6. The monoisotopic (exact) mass is 364 g/mol. The quantitative estimate of drug-likeness (QED) is 0.419. The zero-order valence-electron chi connectivity index (χ0n) is 16.8. The van der Waals surface area contributed by atoms with Gasteiger partial charge in [-0.15, -0.1) is 5.26 Å². The third kappa shape index (κ3) is 5.07. The first-order chi connectivity index (χ1) is 11.7. The van der Waals surface area contributed by atoms with Crippen LogP contribution in [-0.2, 0) is 4.52 Å². The Hall–Kier alpha value is -1.34. The topological polar surface area (TPSA) is 51.9 Å².